The monoisotopic (exact) mass is 210 g/mol. The van der Waals surface area contributed by atoms with Gasteiger partial charge >= 0.3 is 11.7 Å². The smallest absolute Gasteiger partial charge is 0.341 e. The fraction of sp³-hybridized carbons (Fsp3) is 0.500. The molecular weight excluding hydrogens is 200 g/mol. The van der Waals surface area contributed by atoms with Crippen molar-refractivity contribution in [3.63, 3.8) is 0 Å². The van der Waals surface area contributed by atoms with Gasteiger partial charge in [0.1, 0.15) is 6.20 Å². The van der Waals surface area contributed by atoms with E-state index in [1.165, 1.54) is 0 Å². The number of aromatic amines is 1. The SMILES string of the molecule is O=C(c1ncc([N+](=O)[O-])[nH]1)N1CCCC1. The third kappa shape index (κ3) is 1.80. The minimum atomic E-state index is -0.603. The Morgan fingerprint density at radius 3 is 2.73 bits per heavy atom. The summed E-state index contributed by atoms with van der Waals surface area (Å²) in [5.41, 5.74) is 0. The van der Waals surface area contributed by atoms with E-state index in [1.54, 1.807) is 4.90 Å². The predicted octanol–water partition coefficient (Wildman–Crippen LogP) is 0.554. The highest BCUT2D eigenvalue weighted by molar-refractivity contribution is 5.91. The number of carbonyl (C=O) groups excluding carboxylic acids is 1. The van der Waals surface area contributed by atoms with E-state index in [2.05, 4.69) is 9.97 Å². The third-order valence-corrected chi connectivity index (χ3v) is 2.35. The summed E-state index contributed by atoms with van der Waals surface area (Å²) in [5, 5.41) is 10.4. The van der Waals surface area contributed by atoms with Gasteiger partial charge in [-0.3, -0.25) is 4.79 Å². The molecule has 1 saturated heterocycles. The quantitative estimate of drug-likeness (QED) is 0.570. The number of rotatable bonds is 2. The van der Waals surface area contributed by atoms with Crippen LogP contribution in [0.4, 0.5) is 5.82 Å². The summed E-state index contributed by atoms with van der Waals surface area (Å²) >= 11 is 0. The first-order valence-corrected chi connectivity index (χ1v) is 4.67. The van der Waals surface area contributed by atoms with E-state index in [1.807, 2.05) is 0 Å². The Morgan fingerprint density at radius 2 is 2.20 bits per heavy atom. The van der Waals surface area contributed by atoms with Crippen molar-refractivity contribution in [3.05, 3.63) is 22.1 Å². The molecule has 80 valence electrons. The Balaban J connectivity index is 2.14. The van der Waals surface area contributed by atoms with E-state index in [-0.39, 0.29) is 17.5 Å². The van der Waals surface area contributed by atoms with Crippen LogP contribution in [0.3, 0.4) is 0 Å². The van der Waals surface area contributed by atoms with Gasteiger partial charge in [0, 0.05) is 13.1 Å². The number of aromatic nitrogens is 2. The van der Waals surface area contributed by atoms with Gasteiger partial charge in [-0.15, -0.1) is 0 Å². The molecule has 0 spiro atoms. The van der Waals surface area contributed by atoms with Crippen molar-refractivity contribution in [3.8, 4) is 0 Å². The molecule has 1 aromatic heterocycles. The largest absolute Gasteiger partial charge is 0.358 e. The van der Waals surface area contributed by atoms with Gasteiger partial charge in [-0.05, 0) is 17.8 Å². The number of nitro groups is 1. The van der Waals surface area contributed by atoms with Crippen molar-refractivity contribution in [2.45, 2.75) is 12.8 Å². The number of hydrogen-bond donors (Lipinski definition) is 1. The van der Waals surface area contributed by atoms with Gasteiger partial charge in [0.05, 0.1) is 0 Å². The normalized spacial score (nSPS) is 15.6. The fourth-order valence-electron chi connectivity index (χ4n) is 1.58. The van der Waals surface area contributed by atoms with Crippen LogP contribution in [0.5, 0.6) is 0 Å². The van der Waals surface area contributed by atoms with Crippen LogP contribution in [0.1, 0.15) is 23.5 Å². The maximum absolute atomic E-state index is 11.7. The van der Waals surface area contributed by atoms with Crippen LogP contribution in [0.15, 0.2) is 6.20 Å². The topological polar surface area (TPSA) is 92.1 Å². The molecule has 1 aliphatic heterocycles. The zero-order valence-electron chi connectivity index (χ0n) is 7.97. The maximum atomic E-state index is 11.7. The van der Waals surface area contributed by atoms with E-state index >= 15 is 0 Å². The summed E-state index contributed by atoms with van der Waals surface area (Å²) in [6.07, 6.45) is 3.02. The number of imidazole rings is 1. The second kappa shape index (κ2) is 3.68. The van der Waals surface area contributed by atoms with Crippen molar-refractivity contribution < 1.29 is 9.72 Å². The molecule has 0 radical (unpaired) electrons. The number of nitrogens with one attached hydrogen (secondary N) is 1. The van der Waals surface area contributed by atoms with Crippen LogP contribution in [-0.2, 0) is 0 Å². The summed E-state index contributed by atoms with van der Waals surface area (Å²) < 4.78 is 0. The van der Waals surface area contributed by atoms with E-state index in [4.69, 9.17) is 0 Å². The minimum Gasteiger partial charge on any atom is -0.358 e. The molecule has 1 aliphatic rings. The van der Waals surface area contributed by atoms with E-state index in [9.17, 15) is 14.9 Å². The van der Waals surface area contributed by atoms with Gasteiger partial charge in [0.25, 0.3) is 5.82 Å². The van der Waals surface area contributed by atoms with E-state index < -0.39 is 4.92 Å². The molecular formula is C8H10N4O3. The summed E-state index contributed by atoms with van der Waals surface area (Å²) in [6.45, 7) is 1.40. The van der Waals surface area contributed by atoms with Crippen molar-refractivity contribution in [2.24, 2.45) is 0 Å². The lowest BCUT2D eigenvalue weighted by molar-refractivity contribution is -0.389. The first-order chi connectivity index (χ1) is 7.18. The first-order valence-electron chi connectivity index (χ1n) is 4.67. The van der Waals surface area contributed by atoms with Gasteiger partial charge in [-0.1, -0.05) is 0 Å². The average molecular weight is 210 g/mol. The van der Waals surface area contributed by atoms with Crippen molar-refractivity contribution in [1.82, 2.24) is 14.9 Å². The molecule has 0 atom stereocenters. The summed E-state index contributed by atoms with van der Waals surface area (Å²) in [5.74, 6) is -0.471. The van der Waals surface area contributed by atoms with Gasteiger partial charge in [0.15, 0.2) is 0 Å². The molecule has 2 heterocycles. The molecule has 0 aromatic carbocycles. The van der Waals surface area contributed by atoms with Crippen molar-refractivity contribution in [1.29, 1.82) is 0 Å². The van der Waals surface area contributed by atoms with Crippen LogP contribution < -0.4 is 0 Å². The number of H-pyrrole nitrogens is 1. The first kappa shape index (κ1) is 9.63. The second-order valence-corrected chi connectivity index (χ2v) is 3.37. The molecule has 1 amide bonds. The van der Waals surface area contributed by atoms with Crippen molar-refractivity contribution >= 4 is 11.7 Å². The molecule has 1 fully saturated rings. The van der Waals surface area contributed by atoms with Crippen LogP contribution in [0.2, 0.25) is 0 Å². The highest BCUT2D eigenvalue weighted by Gasteiger charge is 2.25. The van der Waals surface area contributed by atoms with E-state index in [0.29, 0.717) is 13.1 Å². The van der Waals surface area contributed by atoms with Gasteiger partial charge in [-0.2, -0.15) is 0 Å². The number of likely N-dealkylation sites (tertiary alicyclic amines) is 1. The second-order valence-electron chi connectivity index (χ2n) is 3.37. The maximum Gasteiger partial charge on any atom is 0.341 e. The molecule has 0 saturated carbocycles. The summed E-state index contributed by atoms with van der Waals surface area (Å²) in [7, 11) is 0. The molecule has 0 bridgehead atoms. The highest BCUT2D eigenvalue weighted by atomic mass is 16.6. The van der Waals surface area contributed by atoms with Crippen LogP contribution in [0.25, 0.3) is 0 Å². The van der Waals surface area contributed by atoms with E-state index in [0.717, 1.165) is 19.0 Å². The fourth-order valence-corrected chi connectivity index (χ4v) is 1.58. The molecule has 1 aromatic rings. The molecule has 0 unspecified atom stereocenters. The number of nitrogens with zero attached hydrogens (tertiary/aromatic N) is 3. The van der Waals surface area contributed by atoms with Gasteiger partial charge in [-0.25, -0.2) is 9.97 Å². The minimum absolute atomic E-state index is 0.0450. The van der Waals surface area contributed by atoms with Crippen molar-refractivity contribution in [2.75, 3.05) is 13.1 Å². The van der Waals surface area contributed by atoms with Crippen LogP contribution >= 0.6 is 0 Å². The third-order valence-electron chi connectivity index (χ3n) is 2.35. The number of amides is 1. The Labute approximate surface area is 85.3 Å². The summed E-state index contributed by atoms with van der Waals surface area (Å²) in [4.78, 5) is 29.2. The van der Waals surface area contributed by atoms with Crippen LogP contribution in [0, 0.1) is 10.1 Å². The molecule has 0 aliphatic carbocycles. The Morgan fingerprint density at radius 1 is 1.53 bits per heavy atom. The molecule has 2 rings (SSSR count). The Kier molecular flexibility index (Phi) is 2.36. The molecule has 1 N–H and O–H groups in total. The molecule has 7 nitrogen and oxygen atoms in total. The molecule has 7 heteroatoms. The Hall–Kier alpha value is -1.92. The van der Waals surface area contributed by atoms with Gasteiger partial charge < -0.3 is 15.0 Å². The Bertz CT molecular complexity index is 394. The average Bonchev–Trinajstić information content (AvgIpc) is 2.88. The number of carbonyl (C=O) groups is 1. The standard InChI is InChI=1S/C8H10N4O3/c13-8(11-3-1-2-4-11)7-9-5-6(10-7)12(14)15/h5H,1-4H2,(H,9,10). The lowest BCUT2D eigenvalue weighted by atomic mass is 10.4. The number of hydrogen-bond acceptors (Lipinski definition) is 4. The van der Waals surface area contributed by atoms with Crippen LogP contribution in [-0.4, -0.2) is 38.8 Å². The zero-order chi connectivity index (χ0) is 10.8. The van der Waals surface area contributed by atoms with Gasteiger partial charge in [0.2, 0.25) is 0 Å². The zero-order valence-corrected chi connectivity index (χ0v) is 7.97. The summed E-state index contributed by atoms with van der Waals surface area (Å²) in [6, 6.07) is 0. The lowest BCUT2D eigenvalue weighted by Gasteiger charge is -2.10. The molecule has 15 heavy (non-hydrogen) atoms. The highest BCUT2D eigenvalue weighted by Crippen LogP contribution is 2.13. The predicted molar refractivity (Wildman–Crippen MR) is 50.4 cm³/mol. The lowest BCUT2D eigenvalue weighted by Crippen LogP contribution is -2.28.